The zero-order valence-electron chi connectivity index (χ0n) is 24.3. The zero-order valence-corrected chi connectivity index (χ0v) is 24.3. The van der Waals surface area contributed by atoms with E-state index in [4.69, 9.17) is 9.47 Å². The van der Waals surface area contributed by atoms with Crippen molar-refractivity contribution in [1.29, 1.82) is 0 Å². The summed E-state index contributed by atoms with van der Waals surface area (Å²) in [5.41, 5.74) is -0.476. The van der Waals surface area contributed by atoms with E-state index in [0.717, 1.165) is 5.56 Å². The van der Waals surface area contributed by atoms with Crippen LogP contribution in [0.2, 0.25) is 0 Å². The SMILES string of the molecule is CCOc1ccc(NC(=O)[C@@H]2[C@H]3C(=O)N([C@@H](CO)Cc4ccccc4)C(C(=O)NC(C)C)C34CC[C@@]2(CC)O4)cc1. The van der Waals surface area contributed by atoms with Crippen molar-refractivity contribution in [1.82, 2.24) is 10.2 Å². The lowest BCUT2D eigenvalue weighted by Crippen LogP contribution is -2.59. The number of ether oxygens (including phenoxy) is 2. The number of anilines is 1. The molecule has 0 radical (unpaired) electrons. The molecule has 3 N–H and O–H groups in total. The van der Waals surface area contributed by atoms with Crippen LogP contribution >= 0.6 is 0 Å². The van der Waals surface area contributed by atoms with E-state index in [0.29, 0.717) is 43.7 Å². The summed E-state index contributed by atoms with van der Waals surface area (Å²) in [4.78, 5) is 43.9. The van der Waals surface area contributed by atoms with Gasteiger partial charge in [-0.1, -0.05) is 37.3 Å². The lowest BCUT2D eigenvalue weighted by Gasteiger charge is -2.37. The molecule has 6 atom stereocenters. The summed E-state index contributed by atoms with van der Waals surface area (Å²) in [6, 6.07) is 15.0. The molecule has 3 aliphatic heterocycles. The number of hydrogen-bond acceptors (Lipinski definition) is 6. The van der Waals surface area contributed by atoms with Crippen molar-refractivity contribution in [2.24, 2.45) is 11.8 Å². The van der Waals surface area contributed by atoms with Crippen LogP contribution in [0.25, 0.3) is 0 Å². The largest absolute Gasteiger partial charge is 0.494 e. The van der Waals surface area contributed by atoms with Gasteiger partial charge in [-0.15, -0.1) is 0 Å². The predicted octanol–water partition coefficient (Wildman–Crippen LogP) is 3.31. The van der Waals surface area contributed by atoms with Gasteiger partial charge >= 0.3 is 0 Å². The van der Waals surface area contributed by atoms with Gasteiger partial charge in [0.1, 0.15) is 17.4 Å². The van der Waals surface area contributed by atoms with Gasteiger partial charge in [0, 0.05) is 11.7 Å². The maximum atomic E-state index is 14.5. The number of amides is 3. The molecule has 0 aromatic heterocycles. The summed E-state index contributed by atoms with van der Waals surface area (Å²) in [5.74, 6) is -1.86. The first-order valence-electron chi connectivity index (χ1n) is 14.7. The van der Waals surface area contributed by atoms with Crippen molar-refractivity contribution in [3.05, 3.63) is 60.2 Å². The molecular weight excluding hydrogens is 522 g/mol. The number of likely N-dealkylation sites (tertiary alicyclic amines) is 1. The lowest BCUT2D eigenvalue weighted by atomic mass is 9.65. The van der Waals surface area contributed by atoms with E-state index < -0.39 is 35.1 Å². The maximum absolute atomic E-state index is 14.5. The van der Waals surface area contributed by atoms with E-state index in [1.165, 1.54) is 4.90 Å². The Morgan fingerprint density at radius 2 is 1.78 bits per heavy atom. The number of nitrogens with one attached hydrogen (secondary N) is 2. The number of nitrogens with zero attached hydrogens (tertiary/aromatic N) is 1. The Kier molecular flexibility index (Phi) is 8.12. The molecule has 2 bridgehead atoms. The molecule has 3 fully saturated rings. The molecule has 220 valence electrons. The number of aliphatic hydroxyl groups is 1. The molecule has 41 heavy (non-hydrogen) atoms. The molecule has 0 aliphatic carbocycles. The Balaban J connectivity index is 1.52. The van der Waals surface area contributed by atoms with Crippen LogP contribution in [0.5, 0.6) is 5.75 Å². The number of carbonyl (C=O) groups is 3. The fraction of sp³-hybridized carbons (Fsp3) is 0.531. The fourth-order valence-electron chi connectivity index (χ4n) is 7.27. The van der Waals surface area contributed by atoms with E-state index >= 15 is 0 Å². The summed E-state index contributed by atoms with van der Waals surface area (Å²) < 4.78 is 12.3. The Morgan fingerprint density at radius 3 is 2.39 bits per heavy atom. The van der Waals surface area contributed by atoms with Crippen LogP contribution in [0.15, 0.2) is 54.6 Å². The summed E-state index contributed by atoms with van der Waals surface area (Å²) in [6.07, 6.45) is 1.96. The molecule has 9 nitrogen and oxygen atoms in total. The van der Waals surface area contributed by atoms with Crippen molar-refractivity contribution in [3.63, 3.8) is 0 Å². The number of rotatable bonds is 11. The minimum Gasteiger partial charge on any atom is -0.494 e. The smallest absolute Gasteiger partial charge is 0.246 e. The van der Waals surface area contributed by atoms with Crippen LogP contribution in [0.4, 0.5) is 5.69 Å². The quantitative estimate of drug-likeness (QED) is 0.386. The summed E-state index contributed by atoms with van der Waals surface area (Å²) in [5, 5.41) is 16.5. The molecule has 3 saturated heterocycles. The minimum atomic E-state index is -1.16. The number of benzene rings is 2. The van der Waals surface area contributed by atoms with Crippen LogP contribution in [-0.2, 0) is 25.5 Å². The molecule has 3 amide bonds. The maximum Gasteiger partial charge on any atom is 0.246 e. The summed E-state index contributed by atoms with van der Waals surface area (Å²) >= 11 is 0. The van der Waals surface area contributed by atoms with Gasteiger partial charge in [-0.25, -0.2) is 0 Å². The zero-order chi connectivity index (χ0) is 29.4. The Bertz CT molecular complexity index is 1270. The van der Waals surface area contributed by atoms with Gasteiger partial charge in [-0.3, -0.25) is 14.4 Å². The number of aliphatic hydroxyl groups excluding tert-OH is 1. The molecular formula is C32H41N3O6. The van der Waals surface area contributed by atoms with E-state index in [9.17, 15) is 19.5 Å². The van der Waals surface area contributed by atoms with Crippen molar-refractivity contribution < 1.29 is 29.0 Å². The van der Waals surface area contributed by atoms with Crippen LogP contribution in [0, 0.1) is 11.8 Å². The highest BCUT2D eigenvalue weighted by atomic mass is 16.5. The summed E-state index contributed by atoms with van der Waals surface area (Å²) in [6.45, 7) is 7.83. The summed E-state index contributed by atoms with van der Waals surface area (Å²) in [7, 11) is 0. The topological polar surface area (TPSA) is 117 Å². The van der Waals surface area contributed by atoms with E-state index in [2.05, 4.69) is 10.6 Å². The average Bonchev–Trinajstić information content (AvgIpc) is 3.56. The molecule has 2 unspecified atom stereocenters. The first-order valence-corrected chi connectivity index (χ1v) is 14.7. The number of hydrogen-bond donors (Lipinski definition) is 3. The first kappa shape index (κ1) is 29.1. The van der Waals surface area contributed by atoms with E-state index in [1.807, 2.05) is 58.0 Å². The van der Waals surface area contributed by atoms with Crippen LogP contribution in [-0.4, -0.2) is 70.3 Å². The van der Waals surface area contributed by atoms with Gasteiger partial charge in [-0.05, 0) is 76.3 Å². The van der Waals surface area contributed by atoms with Crippen molar-refractivity contribution in [2.45, 2.75) is 82.7 Å². The van der Waals surface area contributed by atoms with Crippen molar-refractivity contribution in [2.75, 3.05) is 18.5 Å². The van der Waals surface area contributed by atoms with E-state index in [-0.39, 0.29) is 30.4 Å². The van der Waals surface area contributed by atoms with Gasteiger partial charge in [0.2, 0.25) is 17.7 Å². The highest BCUT2D eigenvalue weighted by molar-refractivity contribution is 6.02. The molecule has 2 aromatic carbocycles. The Labute approximate surface area is 241 Å². The second-order valence-electron chi connectivity index (χ2n) is 11.7. The molecule has 9 heteroatoms. The monoisotopic (exact) mass is 563 g/mol. The van der Waals surface area contributed by atoms with Gasteiger partial charge in [0.05, 0.1) is 36.7 Å². The highest BCUT2D eigenvalue weighted by Gasteiger charge is 2.79. The van der Waals surface area contributed by atoms with Gasteiger partial charge in [-0.2, -0.15) is 0 Å². The van der Waals surface area contributed by atoms with Crippen molar-refractivity contribution in [3.8, 4) is 5.75 Å². The van der Waals surface area contributed by atoms with Crippen molar-refractivity contribution >= 4 is 23.4 Å². The average molecular weight is 564 g/mol. The minimum absolute atomic E-state index is 0.158. The fourth-order valence-corrected chi connectivity index (χ4v) is 7.27. The van der Waals surface area contributed by atoms with Gasteiger partial charge in [0.15, 0.2) is 0 Å². The second-order valence-corrected chi connectivity index (χ2v) is 11.7. The number of carbonyl (C=O) groups excluding carboxylic acids is 3. The van der Waals surface area contributed by atoms with Crippen LogP contribution in [0.3, 0.4) is 0 Å². The van der Waals surface area contributed by atoms with Crippen LogP contribution in [0.1, 0.15) is 52.5 Å². The van der Waals surface area contributed by atoms with Gasteiger partial charge < -0.3 is 30.1 Å². The lowest BCUT2D eigenvalue weighted by molar-refractivity contribution is -0.150. The normalized spacial score (nSPS) is 29.0. The molecule has 3 heterocycles. The Morgan fingerprint density at radius 1 is 1.07 bits per heavy atom. The molecule has 2 aromatic rings. The highest BCUT2D eigenvalue weighted by Crippen LogP contribution is 2.64. The third kappa shape index (κ3) is 4.99. The molecule has 0 saturated carbocycles. The second kappa shape index (κ2) is 11.4. The molecule has 1 spiro atoms. The van der Waals surface area contributed by atoms with E-state index in [1.54, 1.807) is 24.3 Å². The predicted molar refractivity (Wildman–Crippen MR) is 154 cm³/mol. The third-order valence-corrected chi connectivity index (χ3v) is 8.93. The van der Waals surface area contributed by atoms with Crippen LogP contribution < -0.4 is 15.4 Å². The third-order valence-electron chi connectivity index (χ3n) is 8.93. The number of fused-ring (bicyclic) bond motifs is 1. The van der Waals surface area contributed by atoms with Gasteiger partial charge in [0.25, 0.3) is 0 Å². The first-order chi connectivity index (χ1) is 19.7. The molecule has 3 aliphatic rings. The Hall–Kier alpha value is -3.43. The molecule has 5 rings (SSSR count). The standard InChI is InChI=1S/C32H41N3O6/c1-5-31-16-17-32(41-31)26(25(31)28(37)34-22-12-14-24(15-13-22)40-6-2)30(39)35(27(32)29(38)33-20(3)4)23(19-36)18-21-10-8-7-9-11-21/h7-15,20,23,25-27,36H,5-6,16-19H2,1-4H3,(H,33,38)(H,34,37)/t23-,25+,26+,27?,31-,32?/m1/s1.